The van der Waals surface area contributed by atoms with Crippen molar-refractivity contribution in [1.29, 1.82) is 0 Å². The number of anilines is 3. The number of aryl methyl sites for hydroxylation is 1. The molecule has 1 N–H and O–H groups in total. The molecule has 0 spiro atoms. The van der Waals surface area contributed by atoms with Gasteiger partial charge in [0.15, 0.2) is 0 Å². The molecule has 0 bridgehead atoms. The standard InChI is InChI=1S/C14H15F3N4/c1-9-6-4-5-7-10(9)21(3)12-8-11(18-2)19-13(20-12)14(15,16)17/h4-8H,1-3H3,(H,18,19,20). The number of halogens is 3. The van der Waals surface area contributed by atoms with Crippen LogP contribution in [0, 0.1) is 6.92 Å². The maximum Gasteiger partial charge on any atom is 0.451 e. The number of nitrogens with zero attached hydrogens (tertiary/aromatic N) is 3. The van der Waals surface area contributed by atoms with Gasteiger partial charge in [0.05, 0.1) is 0 Å². The zero-order valence-corrected chi connectivity index (χ0v) is 11.9. The number of hydrogen-bond acceptors (Lipinski definition) is 4. The van der Waals surface area contributed by atoms with E-state index in [4.69, 9.17) is 0 Å². The summed E-state index contributed by atoms with van der Waals surface area (Å²) in [6.45, 7) is 1.89. The quantitative estimate of drug-likeness (QED) is 0.939. The van der Waals surface area contributed by atoms with Crippen molar-refractivity contribution >= 4 is 17.3 Å². The average molecular weight is 296 g/mol. The first-order valence-corrected chi connectivity index (χ1v) is 6.26. The highest BCUT2D eigenvalue weighted by molar-refractivity contribution is 5.64. The summed E-state index contributed by atoms with van der Waals surface area (Å²) in [5.41, 5.74) is 1.73. The zero-order chi connectivity index (χ0) is 15.6. The normalized spacial score (nSPS) is 11.3. The van der Waals surface area contributed by atoms with Crippen molar-refractivity contribution < 1.29 is 13.2 Å². The molecular weight excluding hydrogens is 281 g/mol. The highest BCUT2D eigenvalue weighted by atomic mass is 19.4. The van der Waals surface area contributed by atoms with Gasteiger partial charge in [-0.3, -0.25) is 0 Å². The van der Waals surface area contributed by atoms with E-state index in [1.165, 1.54) is 13.1 Å². The minimum atomic E-state index is -4.59. The number of para-hydroxylation sites is 1. The largest absolute Gasteiger partial charge is 0.451 e. The van der Waals surface area contributed by atoms with Gasteiger partial charge >= 0.3 is 6.18 Å². The molecule has 0 unspecified atom stereocenters. The van der Waals surface area contributed by atoms with E-state index in [-0.39, 0.29) is 11.6 Å². The summed E-state index contributed by atoms with van der Waals surface area (Å²) in [6, 6.07) is 8.87. The Bertz CT molecular complexity index is 640. The van der Waals surface area contributed by atoms with E-state index in [0.29, 0.717) is 0 Å². The molecular formula is C14H15F3N4. The maximum atomic E-state index is 12.9. The molecule has 0 saturated heterocycles. The number of benzene rings is 1. The Balaban J connectivity index is 2.51. The van der Waals surface area contributed by atoms with Crippen LogP contribution in [0.5, 0.6) is 0 Å². The minimum absolute atomic E-state index is 0.118. The van der Waals surface area contributed by atoms with Crippen LogP contribution in [0.25, 0.3) is 0 Å². The number of aromatic nitrogens is 2. The zero-order valence-electron chi connectivity index (χ0n) is 11.9. The Kier molecular flexibility index (Phi) is 4.02. The molecule has 0 radical (unpaired) electrons. The molecule has 0 saturated carbocycles. The predicted octanol–water partition coefficient (Wildman–Crippen LogP) is 3.61. The molecule has 112 valence electrons. The molecule has 0 atom stereocenters. The topological polar surface area (TPSA) is 41.0 Å². The summed E-state index contributed by atoms with van der Waals surface area (Å²) in [5.74, 6) is -0.867. The van der Waals surface area contributed by atoms with Crippen LogP contribution in [0.15, 0.2) is 30.3 Å². The molecule has 0 fully saturated rings. The number of hydrogen-bond donors (Lipinski definition) is 1. The van der Waals surface area contributed by atoms with Gasteiger partial charge in [-0.1, -0.05) is 18.2 Å². The second-order valence-electron chi connectivity index (χ2n) is 4.53. The lowest BCUT2D eigenvalue weighted by molar-refractivity contribution is -0.144. The van der Waals surface area contributed by atoms with Gasteiger partial charge in [0, 0.05) is 25.8 Å². The Morgan fingerprint density at radius 2 is 1.81 bits per heavy atom. The minimum Gasteiger partial charge on any atom is -0.373 e. The van der Waals surface area contributed by atoms with E-state index < -0.39 is 12.0 Å². The first-order valence-electron chi connectivity index (χ1n) is 6.26. The van der Waals surface area contributed by atoms with Crippen molar-refractivity contribution in [1.82, 2.24) is 9.97 Å². The van der Waals surface area contributed by atoms with Gasteiger partial charge in [0.2, 0.25) is 5.82 Å². The lowest BCUT2D eigenvalue weighted by Crippen LogP contribution is -2.18. The SMILES string of the molecule is CNc1cc(N(C)c2ccccc2C)nc(C(F)(F)F)n1. The summed E-state index contributed by atoms with van der Waals surface area (Å²) >= 11 is 0. The third kappa shape index (κ3) is 3.24. The second kappa shape index (κ2) is 5.59. The van der Waals surface area contributed by atoms with Gasteiger partial charge in [0.25, 0.3) is 0 Å². The highest BCUT2D eigenvalue weighted by Gasteiger charge is 2.35. The predicted molar refractivity (Wildman–Crippen MR) is 75.8 cm³/mol. The first-order chi connectivity index (χ1) is 9.82. The van der Waals surface area contributed by atoms with Crippen LogP contribution in [0.4, 0.5) is 30.5 Å². The van der Waals surface area contributed by atoms with Crippen LogP contribution in [0.1, 0.15) is 11.4 Å². The smallest absolute Gasteiger partial charge is 0.373 e. The van der Waals surface area contributed by atoms with Gasteiger partial charge in [-0.05, 0) is 18.6 Å². The summed E-state index contributed by atoms with van der Waals surface area (Å²) in [7, 11) is 3.18. The number of rotatable bonds is 3. The van der Waals surface area contributed by atoms with Crippen LogP contribution < -0.4 is 10.2 Å². The Hall–Kier alpha value is -2.31. The Morgan fingerprint density at radius 1 is 1.14 bits per heavy atom. The Labute approximate surface area is 120 Å². The highest BCUT2D eigenvalue weighted by Crippen LogP contribution is 2.31. The van der Waals surface area contributed by atoms with Crippen molar-refractivity contribution in [3.05, 3.63) is 41.7 Å². The molecule has 1 aromatic carbocycles. The molecule has 0 amide bonds. The van der Waals surface area contributed by atoms with Gasteiger partial charge in [-0.2, -0.15) is 13.2 Å². The first kappa shape index (κ1) is 15.1. The summed E-state index contributed by atoms with van der Waals surface area (Å²) < 4.78 is 38.6. The molecule has 1 aromatic heterocycles. The van der Waals surface area contributed by atoms with Crippen molar-refractivity contribution in [2.24, 2.45) is 0 Å². The van der Waals surface area contributed by atoms with Crippen LogP contribution in [-0.2, 0) is 6.18 Å². The van der Waals surface area contributed by atoms with Crippen LogP contribution in [0.2, 0.25) is 0 Å². The lowest BCUT2D eigenvalue weighted by Gasteiger charge is -2.21. The maximum absolute atomic E-state index is 12.9. The van der Waals surface area contributed by atoms with Crippen molar-refractivity contribution in [2.45, 2.75) is 13.1 Å². The third-order valence-corrected chi connectivity index (χ3v) is 3.04. The molecule has 2 rings (SSSR count). The van der Waals surface area contributed by atoms with Crippen molar-refractivity contribution in [3.8, 4) is 0 Å². The third-order valence-electron chi connectivity index (χ3n) is 3.04. The fourth-order valence-electron chi connectivity index (χ4n) is 1.92. The van der Waals surface area contributed by atoms with E-state index >= 15 is 0 Å². The molecule has 0 aliphatic heterocycles. The summed E-state index contributed by atoms with van der Waals surface area (Å²) in [5, 5.41) is 2.62. The average Bonchev–Trinajstić information content (AvgIpc) is 2.45. The van der Waals surface area contributed by atoms with Crippen LogP contribution >= 0.6 is 0 Å². The molecule has 4 nitrogen and oxygen atoms in total. The van der Waals surface area contributed by atoms with E-state index in [1.807, 2.05) is 31.2 Å². The van der Waals surface area contributed by atoms with Gasteiger partial charge in [0.1, 0.15) is 11.6 Å². The van der Waals surface area contributed by atoms with E-state index in [1.54, 1.807) is 11.9 Å². The lowest BCUT2D eigenvalue weighted by atomic mass is 10.2. The van der Waals surface area contributed by atoms with Crippen molar-refractivity contribution in [3.63, 3.8) is 0 Å². The van der Waals surface area contributed by atoms with Crippen LogP contribution in [-0.4, -0.2) is 24.1 Å². The van der Waals surface area contributed by atoms with Gasteiger partial charge in [-0.15, -0.1) is 0 Å². The van der Waals surface area contributed by atoms with Gasteiger partial charge in [-0.25, -0.2) is 9.97 Å². The Morgan fingerprint density at radius 3 is 2.38 bits per heavy atom. The monoisotopic (exact) mass is 296 g/mol. The summed E-state index contributed by atoms with van der Waals surface area (Å²) in [6.07, 6.45) is -4.59. The number of alkyl halides is 3. The summed E-state index contributed by atoms with van der Waals surface area (Å²) in [4.78, 5) is 8.67. The number of nitrogens with one attached hydrogen (secondary N) is 1. The second-order valence-corrected chi connectivity index (χ2v) is 4.53. The molecule has 0 aliphatic carbocycles. The van der Waals surface area contributed by atoms with Crippen molar-refractivity contribution in [2.75, 3.05) is 24.3 Å². The molecule has 2 aromatic rings. The fourth-order valence-corrected chi connectivity index (χ4v) is 1.92. The van der Waals surface area contributed by atoms with Crippen LogP contribution in [0.3, 0.4) is 0 Å². The van der Waals surface area contributed by atoms with E-state index in [9.17, 15) is 13.2 Å². The van der Waals surface area contributed by atoms with Gasteiger partial charge < -0.3 is 10.2 Å². The molecule has 7 heteroatoms. The fraction of sp³-hybridized carbons (Fsp3) is 0.286. The molecule has 1 heterocycles. The van der Waals surface area contributed by atoms with E-state index in [2.05, 4.69) is 15.3 Å². The molecule has 0 aliphatic rings. The van der Waals surface area contributed by atoms with E-state index in [0.717, 1.165) is 11.3 Å². The molecule has 21 heavy (non-hydrogen) atoms.